The van der Waals surface area contributed by atoms with Crippen LogP contribution in [0.1, 0.15) is 11.1 Å². The van der Waals surface area contributed by atoms with Crippen molar-refractivity contribution in [3.8, 4) is 0 Å². The van der Waals surface area contributed by atoms with Crippen molar-refractivity contribution in [1.82, 2.24) is 5.32 Å². The van der Waals surface area contributed by atoms with E-state index >= 15 is 0 Å². The number of benzene rings is 1. The van der Waals surface area contributed by atoms with Crippen molar-refractivity contribution in [2.24, 2.45) is 0 Å². The number of nitrogens with zero attached hydrogens (tertiary/aromatic N) is 1. The van der Waals surface area contributed by atoms with E-state index in [2.05, 4.69) is 5.32 Å². The number of barbiturate groups is 1. The smallest absolute Gasteiger partial charge is 0.335 e. The van der Waals surface area contributed by atoms with Crippen molar-refractivity contribution < 1.29 is 18.8 Å². The Hall–Kier alpha value is -3.15. The molecule has 4 amide bonds. The van der Waals surface area contributed by atoms with E-state index in [4.69, 9.17) is 4.42 Å². The Bertz CT molecular complexity index is 790. The van der Waals surface area contributed by atoms with Crippen LogP contribution < -0.4 is 10.2 Å². The summed E-state index contributed by atoms with van der Waals surface area (Å²) < 4.78 is 4.91. The molecule has 6 heteroatoms. The molecule has 1 fully saturated rings. The molecule has 1 aliphatic rings. The van der Waals surface area contributed by atoms with Gasteiger partial charge in [-0.1, -0.05) is 18.2 Å². The maximum absolute atomic E-state index is 12.6. The van der Waals surface area contributed by atoms with Crippen LogP contribution in [0.2, 0.25) is 0 Å². The second-order valence-electron chi connectivity index (χ2n) is 4.80. The van der Waals surface area contributed by atoms with Gasteiger partial charge in [-0.2, -0.15) is 0 Å². The van der Waals surface area contributed by atoms with E-state index in [9.17, 15) is 14.4 Å². The molecule has 0 atom stereocenters. The summed E-state index contributed by atoms with van der Waals surface area (Å²) in [7, 11) is 0. The van der Waals surface area contributed by atoms with Gasteiger partial charge in [0.25, 0.3) is 11.8 Å². The average molecular weight is 296 g/mol. The zero-order valence-electron chi connectivity index (χ0n) is 11.7. The van der Waals surface area contributed by atoms with Gasteiger partial charge < -0.3 is 4.42 Å². The highest BCUT2D eigenvalue weighted by Gasteiger charge is 2.37. The molecule has 0 bridgehead atoms. The van der Waals surface area contributed by atoms with E-state index in [1.807, 2.05) is 0 Å². The van der Waals surface area contributed by atoms with Crippen LogP contribution in [0.5, 0.6) is 0 Å². The van der Waals surface area contributed by atoms with Crippen molar-refractivity contribution in [3.63, 3.8) is 0 Å². The van der Waals surface area contributed by atoms with Gasteiger partial charge in [0.1, 0.15) is 5.57 Å². The number of carbonyl (C=O) groups excluding carboxylic acids is 3. The molecule has 1 N–H and O–H groups in total. The van der Waals surface area contributed by atoms with Gasteiger partial charge in [0.05, 0.1) is 18.2 Å². The number of imide groups is 2. The second kappa shape index (κ2) is 5.33. The third kappa shape index (κ3) is 2.31. The Morgan fingerprint density at radius 2 is 1.91 bits per heavy atom. The van der Waals surface area contributed by atoms with Crippen LogP contribution in [0.25, 0.3) is 6.08 Å². The molecule has 22 heavy (non-hydrogen) atoms. The topological polar surface area (TPSA) is 79.6 Å². The maximum Gasteiger partial charge on any atom is 0.335 e. The number of rotatable bonds is 2. The first-order chi connectivity index (χ1) is 10.6. The minimum atomic E-state index is -0.756. The monoisotopic (exact) mass is 296 g/mol. The van der Waals surface area contributed by atoms with E-state index in [0.717, 1.165) is 10.5 Å². The molecular weight excluding hydrogens is 284 g/mol. The normalized spacial score (nSPS) is 17.0. The van der Waals surface area contributed by atoms with Gasteiger partial charge >= 0.3 is 6.03 Å². The van der Waals surface area contributed by atoms with Gasteiger partial charge in [0, 0.05) is 5.56 Å². The Labute approximate surface area is 126 Å². The highest BCUT2D eigenvalue weighted by molar-refractivity contribution is 6.39. The minimum absolute atomic E-state index is 0.121. The number of hydrogen-bond acceptors (Lipinski definition) is 4. The lowest BCUT2D eigenvalue weighted by atomic mass is 10.1. The standard InChI is InChI=1S/C16H12N2O4/c1-10-4-2-3-5-13(10)18-15(20)12(14(19)17-16(18)21)8-11-6-7-22-9-11/h2-9H,1H3,(H,17,19,21). The molecule has 1 aromatic heterocycles. The van der Waals surface area contributed by atoms with E-state index in [1.54, 1.807) is 37.3 Å². The molecule has 3 rings (SSSR count). The molecule has 0 saturated carbocycles. The fraction of sp³-hybridized carbons (Fsp3) is 0.0625. The predicted octanol–water partition coefficient (Wildman–Crippen LogP) is 2.25. The van der Waals surface area contributed by atoms with Crippen molar-refractivity contribution in [3.05, 3.63) is 59.6 Å². The molecule has 2 aromatic rings. The third-order valence-corrected chi connectivity index (χ3v) is 3.31. The first-order valence-electron chi connectivity index (χ1n) is 6.57. The number of carbonyl (C=O) groups is 3. The number of aryl methyl sites for hydroxylation is 1. The summed E-state index contributed by atoms with van der Waals surface area (Å²) in [6.45, 7) is 1.78. The SMILES string of the molecule is Cc1ccccc1N1C(=O)NC(=O)C(=Cc2ccoc2)C1=O. The van der Waals surface area contributed by atoms with E-state index < -0.39 is 17.8 Å². The van der Waals surface area contributed by atoms with Gasteiger partial charge in [0.2, 0.25) is 0 Å². The van der Waals surface area contributed by atoms with Crippen LogP contribution in [0.3, 0.4) is 0 Å². The number of amides is 4. The summed E-state index contributed by atoms with van der Waals surface area (Å²) in [6.07, 6.45) is 4.23. The molecule has 1 saturated heterocycles. The highest BCUT2D eigenvalue weighted by Crippen LogP contribution is 2.24. The Morgan fingerprint density at radius 1 is 1.14 bits per heavy atom. The quantitative estimate of drug-likeness (QED) is 0.681. The van der Waals surface area contributed by atoms with Gasteiger partial charge in [-0.15, -0.1) is 0 Å². The van der Waals surface area contributed by atoms with Gasteiger partial charge in [-0.05, 0) is 30.7 Å². The maximum atomic E-state index is 12.6. The lowest BCUT2D eigenvalue weighted by molar-refractivity contribution is -0.122. The predicted molar refractivity (Wildman–Crippen MR) is 78.9 cm³/mol. The van der Waals surface area contributed by atoms with Crippen molar-refractivity contribution >= 4 is 29.6 Å². The molecule has 0 aliphatic carbocycles. The first kappa shape index (κ1) is 13.8. The summed E-state index contributed by atoms with van der Waals surface area (Å²) in [5, 5.41) is 2.18. The number of anilines is 1. The summed E-state index contributed by atoms with van der Waals surface area (Å²) in [6, 6.07) is 7.82. The Morgan fingerprint density at radius 3 is 2.59 bits per heavy atom. The summed E-state index contributed by atoms with van der Waals surface area (Å²) in [4.78, 5) is 37.5. The zero-order chi connectivity index (χ0) is 15.7. The van der Waals surface area contributed by atoms with Crippen molar-refractivity contribution in [1.29, 1.82) is 0 Å². The van der Waals surface area contributed by atoms with Gasteiger partial charge in [0.15, 0.2) is 0 Å². The van der Waals surface area contributed by atoms with Gasteiger partial charge in [-0.25, -0.2) is 9.69 Å². The van der Waals surface area contributed by atoms with Crippen LogP contribution in [-0.2, 0) is 9.59 Å². The first-order valence-corrected chi connectivity index (χ1v) is 6.57. The Kier molecular flexibility index (Phi) is 3.34. The molecular formula is C16H12N2O4. The fourth-order valence-corrected chi connectivity index (χ4v) is 2.21. The van der Waals surface area contributed by atoms with E-state index in [0.29, 0.717) is 11.3 Å². The molecule has 1 aliphatic heterocycles. The molecule has 2 heterocycles. The number of nitrogens with one attached hydrogen (secondary N) is 1. The van der Waals surface area contributed by atoms with Crippen LogP contribution in [0.4, 0.5) is 10.5 Å². The molecule has 1 aromatic carbocycles. The molecule has 0 unspecified atom stereocenters. The fourth-order valence-electron chi connectivity index (χ4n) is 2.21. The number of hydrogen-bond donors (Lipinski definition) is 1. The van der Waals surface area contributed by atoms with Crippen LogP contribution >= 0.6 is 0 Å². The zero-order valence-corrected chi connectivity index (χ0v) is 11.7. The molecule has 0 spiro atoms. The lowest BCUT2D eigenvalue weighted by Gasteiger charge is -2.27. The van der Waals surface area contributed by atoms with E-state index in [-0.39, 0.29) is 5.57 Å². The van der Waals surface area contributed by atoms with Crippen LogP contribution in [-0.4, -0.2) is 17.8 Å². The number of para-hydroxylation sites is 1. The van der Waals surface area contributed by atoms with Crippen molar-refractivity contribution in [2.75, 3.05) is 4.90 Å². The molecule has 0 radical (unpaired) electrons. The summed E-state index contributed by atoms with van der Waals surface area (Å²) in [5.41, 5.74) is 1.64. The van der Waals surface area contributed by atoms with Crippen LogP contribution in [0, 0.1) is 6.92 Å². The largest absolute Gasteiger partial charge is 0.472 e. The summed E-state index contributed by atoms with van der Waals surface area (Å²) >= 11 is 0. The highest BCUT2D eigenvalue weighted by atomic mass is 16.3. The second-order valence-corrected chi connectivity index (χ2v) is 4.80. The Balaban J connectivity index is 2.05. The molecule has 6 nitrogen and oxygen atoms in total. The number of furan rings is 1. The minimum Gasteiger partial charge on any atom is -0.472 e. The van der Waals surface area contributed by atoms with Crippen LogP contribution in [0.15, 0.2) is 52.8 Å². The van der Waals surface area contributed by atoms with Crippen molar-refractivity contribution in [2.45, 2.75) is 6.92 Å². The van der Waals surface area contributed by atoms with E-state index in [1.165, 1.54) is 18.6 Å². The third-order valence-electron chi connectivity index (χ3n) is 3.31. The average Bonchev–Trinajstić information content (AvgIpc) is 2.98. The molecule has 110 valence electrons. The summed E-state index contributed by atoms with van der Waals surface area (Å²) in [5.74, 6) is -1.38. The van der Waals surface area contributed by atoms with Gasteiger partial charge in [-0.3, -0.25) is 14.9 Å². The number of urea groups is 1. The lowest BCUT2D eigenvalue weighted by Crippen LogP contribution is -2.54.